The van der Waals surface area contributed by atoms with Crippen LogP contribution in [0.4, 0.5) is 0 Å². The number of rotatable bonds is 6. The van der Waals surface area contributed by atoms with Crippen molar-refractivity contribution < 1.29 is 8.42 Å². The highest BCUT2D eigenvalue weighted by Gasteiger charge is 2.19. The molecule has 0 fully saturated rings. The average Bonchev–Trinajstić information content (AvgIpc) is 2.27. The summed E-state index contributed by atoms with van der Waals surface area (Å²) in [6, 6.07) is 9.55. The minimum atomic E-state index is -3.21. The van der Waals surface area contributed by atoms with Crippen LogP contribution >= 0.6 is 0 Å². The fraction of sp³-hybridized carbons (Fsp3) is 0.455. The Balaban J connectivity index is 2.77. The van der Waals surface area contributed by atoms with Crippen LogP contribution in [-0.2, 0) is 16.6 Å². The second kappa shape index (κ2) is 5.98. The summed E-state index contributed by atoms with van der Waals surface area (Å²) >= 11 is 0. The van der Waals surface area contributed by atoms with Crippen molar-refractivity contribution in [2.24, 2.45) is 5.73 Å². The summed E-state index contributed by atoms with van der Waals surface area (Å²) in [6.07, 6.45) is 0. The van der Waals surface area contributed by atoms with E-state index < -0.39 is 10.0 Å². The number of hydrogen-bond acceptors (Lipinski definition) is 3. The molecule has 0 saturated heterocycles. The first kappa shape index (κ1) is 13.2. The number of nitrogens with zero attached hydrogens (tertiary/aromatic N) is 1. The van der Waals surface area contributed by atoms with Crippen molar-refractivity contribution in [1.29, 1.82) is 0 Å². The second-order valence-corrected chi connectivity index (χ2v) is 5.60. The van der Waals surface area contributed by atoms with E-state index in [1.54, 1.807) is 0 Å². The fourth-order valence-electron chi connectivity index (χ4n) is 1.47. The zero-order chi connectivity index (χ0) is 12.0. The van der Waals surface area contributed by atoms with Gasteiger partial charge in [-0.2, -0.15) is 4.31 Å². The average molecular weight is 242 g/mol. The van der Waals surface area contributed by atoms with E-state index in [4.69, 9.17) is 5.73 Å². The Hall–Kier alpha value is -0.910. The zero-order valence-corrected chi connectivity index (χ0v) is 10.3. The molecule has 0 radical (unpaired) electrons. The molecule has 16 heavy (non-hydrogen) atoms. The van der Waals surface area contributed by atoms with Crippen LogP contribution in [0.25, 0.3) is 0 Å². The van der Waals surface area contributed by atoms with Gasteiger partial charge in [-0.1, -0.05) is 37.3 Å². The van der Waals surface area contributed by atoms with Crippen molar-refractivity contribution in [1.82, 2.24) is 4.31 Å². The minimum Gasteiger partial charge on any atom is -0.329 e. The molecule has 0 bridgehead atoms. The van der Waals surface area contributed by atoms with E-state index in [1.165, 1.54) is 4.31 Å². The Morgan fingerprint density at radius 3 is 2.38 bits per heavy atom. The van der Waals surface area contributed by atoms with Gasteiger partial charge in [0.2, 0.25) is 10.0 Å². The molecule has 1 aromatic rings. The van der Waals surface area contributed by atoms with E-state index in [1.807, 2.05) is 37.3 Å². The predicted molar refractivity (Wildman–Crippen MR) is 65.4 cm³/mol. The van der Waals surface area contributed by atoms with E-state index in [9.17, 15) is 8.42 Å². The van der Waals surface area contributed by atoms with E-state index in [2.05, 4.69) is 0 Å². The summed E-state index contributed by atoms with van der Waals surface area (Å²) in [5, 5.41) is 0. The number of hydrogen-bond donors (Lipinski definition) is 1. The third-order valence-electron chi connectivity index (χ3n) is 2.32. The Labute approximate surface area is 97.1 Å². The summed E-state index contributed by atoms with van der Waals surface area (Å²) in [5.74, 6) is 0.00761. The first-order valence-corrected chi connectivity index (χ1v) is 6.93. The van der Waals surface area contributed by atoms with Gasteiger partial charge in [-0.3, -0.25) is 0 Å². The van der Waals surface area contributed by atoms with Gasteiger partial charge in [-0.25, -0.2) is 8.42 Å². The maximum Gasteiger partial charge on any atom is 0.215 e. The first-order chi connectivity index (χ1) is 7.60. The maximum atomic E-state index is 11.8. The van der Waals surface area contributed by atoms with Gasteiger partial charge in [0.05, 0.1) is 5.75 Å². The molecule has 0 atom stereocenters. The van der Waals surface area contributed by atoms with Gasteiger partial charge in [0.15, 0.2) is 0 Å². The molecule has 0 aromatic heterocycles. The van der Waals surface area contributed by atoms with Crippen molar-refractivity contribution in [3.63, 3.8) is 0 Å². The lowest BCUT2D eigenvalue weighted by molar-refractivity contribution is 0.423. The van der Waals surface area contributed by atoms with Gasteiger partial charge in [0, 0.05) is 19.6 Å². The summed E-state index contributed by atoms with van der Waals surface area (Å²) in [5.41, 5.74) is 6.29. The number of benzene rings is 1. The van der Waals surface area contributed by atoms with Crippen LogP contribution in [-0.4, -0.2) is 31.6 Å². The molecule has 0 heterocycles. The standard InChI is InChI=1S/C11H18N2O2S/c1-2-13(16(14,15)9-8-12)10-11-6-4-3-5-7-11/h3-7H,2,8-10,12H2,1H3. The van der Waals surface area contributed by atoms with Gasteiger partial charge in [0.1, 0.15) is 0 Å². The van der Waals surface area contributed by atoms with Crippen LogP contribution < -0.4 is 5.73 Å². The number of nitrogens with two attached hydrogens (primary N) is 1. The molecule has 90 valence electrons. The lowest BCUT2D eigenvalue weighted by Gasteiger charge is -2.20. The van der Waals surface area contributed by atoms with Crippen molar-refractivity contribution in [3.05, 3.63) is 35.9 Å². The molecule has 4 nitrogen and oxygen atoms in total. The molecule has 0 saturated carbocycles. The summed E-state index contributed by atoms with van der Waals surface area (Å²) < 4.78 is 25.1. The smallest absolute Gasteiger partial charge is 0.215 e. The fourth-order valence-corrected chi connectivity index (χ4v) is 2.77. The lowest BCUT2D eigenvalue weighted by Crippen LogP contribution is -2.34. The molecule has 2 N–H and O–H groups in total. The zero-order valence-electron chi connectivity index (χ0n) is 9.46. The molecule has 0 unspecified atom stereocenters. The molecular weight excluding hydrogens is 224 g/mol. The van der Waals surface area contributed by atoms with Crippen LogP contribution in [0.15, 0.2) is 30.3 Å². The first-order valence-electron chi connectivity index (χ1n) is 5.32. The third-order valence-corrected chi connectivity index (χ3v) is 4.25. The minimum absolute atomic E-state index is 0.00761. The summed E-state index contributed by atoms with van der Waals surface area (Å²) in [4.78, 5) is 0. The van der Waals surface area contributed by atoms with E-state index in [-0.39, 0.29) is 12.3 Å². The van der Waals surface area contributed by atoms with E-state index >= 15 is 0 Å². The SMILES string of the molecule is CCN(Cc1ccccc1)S(=O)(=O)CCN. The van der Waals surface area contributed by atoms with Crippen molar-refractivity contribution in [3.8, 4) is 0 Å². The molecule has 1 aromatic carbocycles. The number of sulfonamides is 1. The highest BCUT2D eigenvalue weighted by atomic mass is 32.2. The Morgan fingerprint density at radius 1 is 1.25 bits per heavy atom. The van der Waals surface area contributed by atoms with Crippen LogP contribution in [0.5, 0.6) is 0 Å². The molecule has 0 spiro atoms. The molecule has 5 heteroatoms. The predicted octanol–water partition coefficient (Wildman–Crippen LogP) is 0.797. The molecule has 0 amide bonds. The van der Waals surface area contributed by atoms with Crippen molar-refractivity contribution in [2.45, 2.75) is 13.5 Å². The van der Waals surface area contributed by atoms with Crippen molar-refractivity contribution >= 4 is 10.0 Å². The topological polar surface area (TPSA) is 63.4 Å². The Morgan fingerprint density at radius 2 is 1.88 bits per heavy atom. The van der Waals surface area contributed by atoms with Gasteiger partial charge in [0.25, 0.3) is 0 Å². The van der Waals surface area contributed by atoms with E-state index in [0.717, 1.165) is 5.56 Å². The van der Waals surface area contributed by atoms with Gasteiger partial charge >= 0.3 is 0 Å². The largest absolute Gasteiger partial charge is 0.329 e. The molecule has 0 aliphatic carbocycles. The van der Waals surface area contributed by atoms with Crippen LogP contribution in [0.2, 0.25) is 0 Å². The monoisotopic (exact) mass is 242 g/mol. The third kappa shape index (κ3) is 3.59. The summed E-state index contributed by atoms with van der Waals surface area (Å²) in [7, 11) is -3.21. The maximum absolute atomic E-state index is 11.8. The normalized spacial score (nSPS) is 11.9. The lowest BCUT2D eigenvalue weighted by atomic mass is 10.2. The summed E-state index contributed by atoms with van der Waals surface area (Å²) in [6.45, 7) is 2.88. The van der Waals surface area contributed by atoms with Crippen LogP contribution in [0.1, 0.15) is 12.5 Å². The Kier molecular flexibility index (Phi) is 4.92. The van der Waals surface area contributed by atoms with Crippen LogP contribution in [0.3, 0.4) is 0 Å². The molecule has 1 rings (SSSR count). The molecule has 0 aliphatic heterocycles. The molecular formula is C11H18N2O2S. The van der Waals surface area contributed by atoms with E-state index in [0.29, 0.717) is 13.1 Å². The second-order valence-electron chi connectivity index (χ2n) is 3.52. The van der Waals surface area contributed by atoms with Gasteiger partial charge in [-0.15, -0.1) is 0 Å². The van der Waals surface area contributed by atoms with Gasteiger partial charge < -0.3 is 5.73 Å². The highest BCUT2D eigenvalue weighted by molar-refractivity contribution is 7.89. The quantitative estimate of drug-likeness (QED) is 0.802. The highest BCUT2D eigenvalue weighted by Crippen LogP contribution is 2.08. The molecule has 0 aliphatic rings. The Bertz CT molecular complexity index is 403. The van der Waals surface area contributed by atoms with Crippen LogP contribution in [0, 0.1) is 0 Å². The van der Waals surface area contributed by atoms with Gasteiger partial charge in [-0.05, 0) is 5.56 Å². The van der Waals surface area contributed by atoms with Crippen molar-refractivity contribution in [2.75, 3.05) is 18.8 Å².